The van der Waals surface area contributed by atoms with Gasteiger partial charge in [0.15, 0.2) is 23.0 Å². The van der Waals surface area contributed by atoms with Gasteiger partial charge < -0.3 is 24.3 Å². The van der Waals surface area contributed by atoms with E-state index in [0.717, 1.165) is 24.1 Å². The van der Waals surface area contributed by atoms with E-state index in [9.17, 15) is 4.39 Å². The van der Waals surface area contributed by atoms with Gasteiger partial charge in [-0.1, -0.05) is 35.3 Å². The van der Waals surface area contributed by atoms with Crippen LogP contribution in [-0.2, 0) is 19.6 Å². The summed E-state index contributed by atoms with van der Waals surface area (Å²) in [5.41, 5.74) is 2.34. The molecule has 3 aromatic carbocycles. The van der Waals surface area contributed by atoms with Crippen molar-refractivity contribution in [3.05, 3.63) is 81.1 Å². The predicted molar refractivity (Wildman–Crippen MR) is 133 cm³/mol. The Bertz CT molecular complexity index is 1090. The molecule has 3 rings (SSSR count). The Morgan fingerprint density at radius 3 is 2.32 bits per heavy atom. The highest BCUT2D eigenvalue weighted by Gasteiger charge is 2.15. The number of hydrogen-bond acceptors (Lipinski definition) is 5. The predicted octanol–water partition coefficient (Wildman–Crippen LogP) is 6.46. The molecule has 5 nitrogen and oxygen atoms in total. The van der Waals surface area contributed by atoms with Crippen LogP contribution < -0.4 is 24.3 Å². The Morgan fingerprint density at radius 1 is 0.853 bits per heavy atom. The number of methoxy groups -OCH3 is 2. The molecule has 0 saturated carbocycles. The smallest absolute Gasteiger partial charge is 0.180 e. The van der Waals surface area contributed by atoms with Gasteiger partial charge >= 0.3 is 0 Å². The monoisotopic (exact) mass is 507 g/mol. The molecular weight excluding hydrogens is 480 g/mol. The van der Waals surface area contributed by atoms with Crippen molar-refractivity contribution in [3.8, 4) is 23.0 Å². The van der Waals surface area contributed by atoms with Crippen LogP contribution in [0.25, 0.3) is 0 Å². The normalized spacial score (nSPS) is 10.8. The van der Waals surface area contributed by atoms with Crippen molar-refractivity contribution >= 4 is 23.2 Å². The molecular formula is C26H28Cl2FNO4. The number of ether oxygens (including phenoxy) is 4. The molecule has 0 aliphatic heterocycles. The van der Waals surface area contributed by atoms with Gasteiger partial charge in [0.1, 0.15) is 12.4 Å². The van der Waals surface area contributed by atoms with Crippen LogP contribution in [0.2, 0.25) is 10.0 Å². The van der Waals surface area contributed by atoms with Crippen LogP contribution in [0.1, 0.15) is 23.6 Å². The molecule has 0 aliphatic carbocycles. The molecule has 0 fully saturated rings. The Morgan fingerprint density at radius 2 is 1.62 bits per heavy atom. The van der Waals surface area contributed by atoms with Crippen LogP contribution in [-0.4, -0.2) is 27.4 Å². The summed E-state index contributed by atoms with van der Waals surface area (Å²) in [5, 5.41) is 4.09. The molecule has 182 valence electrons. The molecule has 0 radical (unpaired) electrons. The topological polar surface area (TPSA) is 49.0 Å². The van der Waals surface area contributed by atoms with E-state index in [-0.39, 0.29) is 12.2 Å². The average molecular weight is 508 g/mol. The lowest BCUT2D eigenvalue weighted by molar-refractivity contribution is 0.266. The van der Waals surface area contributed by atoms with Crippen molar-refractivity contribution in [2.75, 3.05) is 27.4 Å². The van der Waals surface area contributed by atoms with E-state index in [1.165, 1.54) is 6.07 Å². The molecule has 0 atom stereocenters. The standard InChI is InChI=1S/C26H28Cl2FNO4/c1-4-33-25-14-18(15-30-11-10-17-8-9-23(31-2)24(13-17)32-3)12-21(28)26(25)34-16-19-20(27)6-5-7-22(19)29/h5-9,12-14,30H,4,10-11,15-16H2,1-3H3. The van der Waals surface area contributed by atoms with Crippen LogP contribution in [0, 0.1) is 5.82 Å². The van der Waals surface area contributed by atoms with Gasteiger partial charge in [-0.25, -0.2) is 4.39 Å². The van der Waals surface area contributed by atoms with Crippen molar-refractivity contribution in [1.29, 1.82) is 0 Å². The maximum absolute atomic E-state index is 14.1. The lowest BCUT2D eigenvalue weighted by Gasteiger charge is -2.16. The maximum atomic E-state index is 14.1. The first-order valence-corrected chi connectivity index (χ1v) is 11.6. The lowest BCUT2D eigenvalue weighted by Crippen LogP contribution is -2.17. The second kappa shape index (κ2) is 12.7. The van der Waals surface area contributed by atoms with E-state index in [2.05, 4.69) is 5.32 Å². The third-order valence-corrected chi connectivity index (χ3v) is 5.79. The van der Waals surface area contributed by atoms with Crippen LogP contribution in [0.3, 0.4) is 0 Å². The fourth-order valence-electron chi connectivity index (χ4n) is 3.44. The number of nitrogens with one attached hydrogen (secondary N) is 1. The summed E-state index contributed by atoms with van der Waals surface area (Å²) >= 11 is 12.6. The summed E-state index contributed by atoms with van der Waals surface area (Å²) < 4.78 is 36.3. The van der Waals surface area contributed by atoms with Crippen molar-refractivity contribution in [3.63, 3.8) is 0 Å². The van der Waals surface area contributed by atoms with Crippen molar-refractivity contribution < 1.29 is 23.3 Å². The van der Waals surface area contributed by atoms with Gasteiger partial charge in [0.25, 0.3) is 0 Å². The minimum absolute atomic E-state index is 0.0613. The highest BCUT2D eigenvalue weighted by molar-refractivity contribution is 6.32. The first kappa shape index (κ1) is 25.9. The quantitative estimate of drug-likeness (QED) is 0.285. The van der Waals surface area contributed by atoms with E-state index in [0.29, 0.717) is 46.2 Å². The minimum atomic E-state index is -0.433. The van der Waals surface area contributed by atoms with Crippen LogP contribution in [0.15, 0.2) is 48.5 Å². The number of hydrogen-bond donors (Lipinski definition) is 1. The largest absolute Gasteiger partial charge is 0.493 e. The second-order valence-electron chi connectivity index (χ2n) is 7.44. The summed E-state index contributed by atoms with van der Waals surface area (Å²) in [4.78, 5) is 0. The average Bonchev–Trinajstić information content (AvgIpc) is 2.82. The van der Waals surface area contributed by atoms with Gasteiger partial charge in [-0.3, -0.25) is 0 Å². The number of rotatable bonds is 12. The summed E-state index contributed by atoms with van der Waals surface area (Å²) in [7, 11) is 3.24. The second-order valence-corrected chi connectivity index (χ2v) is 8.26. The minimum Gasteiger partial charge on any atom is -0.493 e. The Balaban J connectivity index is 1.63. The molecule has 1 N–H and O–H groups in total. The van der Waals surface area contributed by atoms with Gasteiger partial charge in [-0.15, -0.1) is 0 Å². The van der Waals surface area contributed by atoms with E-state index in [4.69, 9.17) is 42.1 Å². The zero-order chi connectivity index (χ0) is 24.5. The molecule has 0 aromatic heterocycles. The van der Waals surface area contributed by atoms with Crippen LogP contribution in [0.5, 0.6) is 23.0 Å². The molecule has 0 heterocycles. The summed E-state index contributed by atoms with van der Waals surface area (Å²) in [6.07, 6.45) is 0.816. The zero-order valence-electron chi connectivity index (χ0n) is 19.4. The molecule has 0 saturated heterocycles. The van der Waals surface area contributed by atoms with Gasteiger partial charge in [-0.2, -0.15) is 0 Å². The van der Waals surface area contributed by atoms with Crippen LogP contribution >= 0.6 is 23.2 Å². The van der Waals surface area contributed by atoms with E-state index in [1.54, 1.807) is 26.4 Å². The summed E-state index contributed by atoms with van der Waals surface area (Å²) in [6.45, 7) is 3.59. The summed E-state index contributed by atoms with van der Waals surface area (Å²) in [6, 6.07) is 14.1. The van der Waals surface area contributed by atoms with E-state index in [1.807, 2.05) is 37.3 Å². The first-order chi connectivity index (χ1) is 16.5. The molecule has 0 spiro atoms. The molecule has 8 heteroatoms. The molecule has 34 heavy (non-hydrogen) atoms. The van der Waals surface area contributed by atoms with Crippen molar-refractivity contribution in [1.82, 2.24) is 5.32 Å². The molecule has 0 unspecified atom stereocenters. The first-order valence-electron chi connectivity index (χ1n) is 10.9. The van der Waals surface area contributed by atoms with Gasteiger partial charge in [0, 0.05) is 12.1 Å². The SMILES string of the molecule is CCOc1cc(CNCCc2ccc(OC)c(OC)c2)cc(Cl)c1OCc1c(F)cccc1Cl. The van der Waals surface area contributed by atoms with Gasteiger partial charge in [0.2, 0.25) is 0 Å². The van der Waals surface area contributed by atoms with Crippen molar-refractivity contribution in [2.45, 2.75) is 26.5 Å². The van der Waals surface area contributed by atoms with Crippen molar-refractivity contribution in [2.24, 2.45) is 0 Å². The highest BCUT2D eigenvalue weighted by atomic mass is 35.5. The van der Waals surface area contributed by atoms with Gasteiger partial charge in [0.05, 0.1) is 30.9 Å². The lowest BCUT2D eigenvalue weighted by atomic mass is 10.1. The Labute approximate surface area is 209 Å². The molecule has 0 bridgehead atoms. The fourth-order valence-corrected chi connectivity index (χ4v) is 3.95. The fraction of sp³-hybridized carbons (Fsp3) is 0.308. The maximum Gasteiger partial charge on any atom is 0.180 e. The third kappa shape index (κ3) is 6.69. The Hall–Kier alpha value is -2.67. The Kier molecular flexibility index (Phi) is 9.69. The third-order valence-electron chi connectivity index (χ3n) is 5.16. The summed E-state index contributed by atoms with van der Waals surface area (Å²) in [5.74, 6) is 1.84. The molecule has 3 aromatic rings. The van der Waals surface area contributed by atoms with Crippen LogP contribution in [0.4, 0.5) is 4.39 Å². The zero-order valence-corrected chi connectivity index (χ0v) is 20.9. The number of benzene rings is 3. The van der Waals surface area contributed by atoms with Gasteiger partial charge in [-0.05, 0) is 67.4 Å². The molecule has 0 aliphatic rings. The van der Waals surface area contributed by atoms with E-state index < -0.39 is 5.82 Å². The highest BCUT2D eigenvalue weighted by Crippen LogP contribution is 2.38. The number of halogens is 3. The molecule has 0 amide bonds. The van der Waals surface area contributed by atoms with E-state index >= 15 is 0 Å².